The Labute approximate surface area is 126 Å². The van der Waals surface area contributed by atoms with Gasteiger partial charge in [0.05, 0.1) is 0 Å². The molecular weight excluding hydrogens is 252 g/mol. The normalized spacial score (nSPS) is 10.8. The Hall–Kier alpha value is -2.34. The molecule has 0 aliphatic carbocycles. The van der Waals surface area contributed by atoms with Crippen molar-refractivity contribution < 1.29 is 0 Å². The zero-order valence-corrected chi connectivity index (χ0v) is 12.9. The number of benzene rings is 3. The Morgan fingerprint density at radius 2 is 1.57 bits per heavy atom. The SMILES string of the molecule is C=C(C)c1c(-c2ccc(C)cc2C)ccc2ccccc12. The van der Waals surface area contributed by atoms with Gasteiger partial charge in [0.1, 0.15) is 0 Å². The summed E-state index contributed by atoms with van der Waals surface area (Å²) in [6, 6.07) is 19.6. The minimum Gasteiger partial charge on any atom is -0.0955 e. The van der Waals surface area contributed by atoms with Crippen LogP contribution in [0.5, 0.6) is 0 Å². The van der Waals surface area contributed by atoms with Gasteiger partial charge in [-0.1, -0.05) is 66.7 Å². The Morgan fingerprint density at radius 3 is 2.29 bits per heavy atom. The van der Waals surface area contributed by atoms with Gasteiger partial charge in [0, 0.05) is 0 Å². The van der Waals surface area contributed by atoms with E-state index in [2.05, 4.69) is 81.9 Å². The molecule has 0 radical (unpaired) electrons. The van der Waals surface area contributed by atoms with Crippen molar-refractivity contribution in [3.63, 3.8) is 0 Å². The average Bonchev–Trinajstić information content (AvgIpc) is 2.46. The molecule has 0 spiro atoms. The molecule has 0 amide bonds. The van der Waals surface area contributed by atoms with Crippen LogP contribution in [0.4, 0.5) is 0 Å². The summed E-state index contributed by atoms with van der Waals surface area (Å²) >= 11 is 0. The molecule has 0 unspecified atom stereocenters. The largest absolute Gasteiger partial charge is 0.0955 e. The highest BCUT2D eigenvalue weighted by atomic mass is 14.2. The highest BCUT2D eigenvalue weighted by Crippen LogP contribution is 2.36. The second kappa shape index (κ2) is 5.21. The van der Waals surface area contributed by atoms with Gasteiger partial charge in [-0.2, -0.15) is 0 Å². The minimum absolute atomic E-state index is 1.11. The van der Waals surface area contributed by atoms with E-state index in [9.17, 15) is 0 Å². The van der Waals surface area contributed by atoms with Crippen LogP contribution in [0.25, 0.3) is 27.5 Å². The third kappa shape index (κ3) is 2.38. The molecule has 3 aromatic rings. The highest BCUT2D eigenvalue weighted by Gasteiger charge is 2.11. The third-order valence-electron chi connectivity index (χ3n) is 4.03. The summed E-state index contributed by atoms with van der Waals surface area (Å²) in [6.45, 7) is 10.6. The zero-order chi connectivity index (χ0) is 15.0. The lowest BCUT2D eigenvalue weighted by molar-refractivity contribution is 1.38. The van der Waals surface area contributed by atoms with E-state index in [1.807, 2.05) is 0 Å². The van der Waals surface area contributed by atoms with Crippen LogP contribution in [0, 0.1) is 13.8 Å². The van der Waals surface area contributed by atoms with E-state index in [0.29, 0.717) is 0 Å². The molecule has 0 atom stereocenters. The van der Waals surface area contributed by atoms with Crippen LogP contribution in [0.1, 0.15) is 23.6 Å². The molecule has 0 fully saturated rings. The fraction of sp³-hybridized carbons (Fsp3) is 0.143. The summed E-state index contributed by atoms with van der Waals surface area (Å²) in [7, 11) is 0. The molecule has 0 N–H and O–H groups in total. The van der Waals surface area contributed by atoms with Crippen LogP contribution in [0.2, 0.25) is 0 Å². The molecule has 0 heteroatoms. The van der Waals surface area contributed by atoms with Crippen LogP contribution in [0.3, 0.4) is 0 Å². The monoisotopic (exact) mass is 272 g/mol. The van der Waals surface area contributed by atoms with Crippen LogP contribution in [-0.4, -0.2) is 0 Å². The summed E-state index contributed by atoms with van der Waals surface area (Å²) in [5.74, 6) is 0. The van der Waals surface area contributed by atoms with Gasteiger partial charge in [0.2, 0.25) is 0 Å². The van der Waals surface area contributed by atoms with Gasteiger partial charge in [-0.15, -0.1) is 0 Å². The van der Waals surface area contributed by atoms with Crippen molar-refractivity contribution >= 4 is 16.3 Å². The summed E-state index contributed by atoms with van der Waals surface area (Å²) in [4.78, 5) is 0. The topological polar surface area (TPSA) is 0 Å². The van der Waals surface area contributed by atoms with Crippen molar-refractivity contribution in [2.24, 2.45) is 0 Å². The Kier molecular flexibility index (Phi) is 3.39. The molecule has 21 heavy (non-hydrogen) atoms. The first kappa shape index (κ1) is 13.6. The number of fused-ring (bicyclic) bond motifs is 1. The number of rotatable bonds is 2. The molecule has 3 rings (SSSR count). The van der Waals surface area contributed by atoms with Crippen LogP contribution in [-0.2, 0) is 0 Å². The molecule has 0 saturated carbocycles. The predicted octanol–water partition coefficient (Wildman–Crippen LogP) is 6.16. The average molecular weight is 272 g/mol. The molecule has 104 valence electrons. The first-order valence-corrected chi connectivity index (χ1v) is 7.33. The van der Waals surface area contributed by atoms with Crippen LogP contribution >= 0.6 is 0 Å². The fourth-order valence-electron chi connectivity index (χ4n) is 3.07. The third-order valence-corrected chi connectivity index (χ3v) is 4.03. The van der Waals surface area contributed by atoms with Crippen molar-refractivity contribution in [2.45, 2.75) is 20.8 Å². The van der Waals surface area contributed by atoms with Crippen molar-refractivity contribution in [1.29, 1.82) is 0 Å². The summed E-state index contributed by atoms with van der Waals surface area (Å²) in [5, 5.41) is 2.55. The van der Waals surface area contributed by atoms with Gasteiger partial charge in [-0.3, -0.25) is 0 Å². The zero-order valence-electron chi connectivity index (χ0n) is 12.9. The first-order valence-electron chi connectivity index (χ1n) is 7.33. The van der Waals surface area contributed by atoms with Crippen LogP contribution in [0.15, 0.2) is 61.2 Å². The maximum atomic E-state index is 4.21. The van der Waals surface area contributed by atoms with E-state index < -0.39 is 0 Å². The minimum atomic E-state index is 1.11. The summed E-state index contributed by atoms with van der Waals surface area (Å²) < 4.78 is 0. The van der Waals surface area contributed by atoms with E-state index in [-0.39, 0.29) is 0 Å². The molecule has 3 aromatic carbocycles. The smallest absolute Gasteiger partial charge is 0.00759 e. The van der Waals surface area contributed by atoms with E-state index >= 15 is 0 Å². The Morgan fingerprint density at radius 1 is 0.857 bits per heavy atom. The molecule has 0 saturated heterocycles. The lowest BCUT2D eigenvalue weighted by atomic mass is 9.88. The second-order valence-corrected chi connectivity index (χ2v) is 5.81. The number of hydrogen-bond donors (Lipinski definition) is 0. The Balaban J connectivity index is 2.37. The number of aryl methyl sites for hydroxylation is 2. The molecular formula is C21H20. The van der Waals surface area contributed by atoms with Crippen molar-refractivity contribution in [1.82, 2.24) is 0 Å². The number of allylic oxidation sites excluding steroid dienone is 1. The quantitative estimate of drug-likeness (QED) is 0.524. The fourth-order valence-corrected chi connectivity index (χ4v) is 3.07. The van der Waals surface area contributed by atoms with Gasteiger partial charge in [0.15, 0.2) is 0 Å². The summed E-state index contributed by atoms with van der Waals surface area (Å²) in [6.07, 6.45) is 0. The number of hydrogen-bond acceptors (Lipinski definition) is 0. The predicted molar refractivity (Wildman–Crippen MR) is 93.6 cm³/mol. The molecule has 0 aliphatic heterocycles. The van der Waals surface area contributed by atoms with Gasteiger partial charge >= 0.3 is 0 Å². The Bertz CT molecular complexity index is 838. The maximum Gasteiger partial charge on any atom is -0.00759 e. The van der Waals surface area contributed by atoms with Crippen molar-refractivity contribution in [3.05, 3.63) is 77.9 Å². The van der Waals surface area contributed by atoms with Gasteiger partial charge in [-0.05, 0) is 59.4 Å². The van der Waals surface area contributed by atoms with Crippen molar-refractivity contribution in [3.8, 4) is 11.1 Å². The van der Waals surface area contributed by atoms with Gasteiger partial charge < -0.3 is 0 Å². The van der Waals surface area contributed by atoms with E-state index in [1.54, 1.807) is 0 Å². The molecule has 0 aliphatic rings. The maximum absolute atomic E-state index is 4.21. The molecule has 0 heterocycles. The van der Waals surface area contributed by atoms with E-state index in [0.717, 1.165) is 5.57 Å². The molecule has 0 aromatic heterocycles. The summed E-state index contributed by atoms with van der Waals surface area (Å²) in [5.41, 5.74) is 7.56. The molecule has 0 nitrogen and oxygen atoms in total. The standard InChI is InChI=1S/C21H20/c1-14(2)21-19-8-6-5-7-17(19)10-12-20(21)18-11-9-15(3)13-16(18)4/h5-13H,1H2,2-4H3. The molecule has 0 bridgehead atoms. The van der Waals surface area contributed by atoms with Crippen LogP contribution < -0.4 is 0 Å². The highest BCUT2D eigenvalue weighted by molar-refractivity contribution is 6.00. The van der Waals surface area contributed by atoms with Crippen molar-refractivity contribution in [2.75, 3.05) is 0 Å². The first-order chi connectivity index (χ1) is 10.1. The lowest BCUT2D eigenvalue weighted by Crippen LogP contribution is -1.92. The second-order valence-electron chi connectivity index (χ2n) is 5.81. The van der Waals surface area contributed by atoms with Gasteiger partial charge in [0.25, 0.3) is 0 Å². The van der Waals surface area contributed by atoms with E-state index in [1.165, 1.54) is 38.6 Å². The lowest BCUT2D eigenvalue weighted by Gasteiger charge is -2.15. The van der Waals surface area contributed by atoms with Gasteiger partial charge in [-0.25, -0.2) is 0 Å². The van der Waals surface area contributed by atoms with E-state index in [4.69, 9.17) is 0 Å².